The molecule has 0 saturated carbocycles. The van der Waals surface area contributed by atoms with Crippen LogP contribution in [0.4, 0.5) is 5.69 Å². The largest absolute Gasteiger partial charge is 0.465 e. The van der Waals surface area contributed by atoms with Crippen LogP contribution in [-0.2, 0) is 20.8 Å². The summed E-state index contributed by atoms with van der Waals surface area (Å²) < 4.78 is 11.3. The van der Waals surface area contributed by atoms with Gasteiger partial charge in [-0.2, -0.15) is 0 Å². The lowest BCUT2D eigenvalue weighted by Gasteiger charge is -2.10. The molecule has 10 heteroatoms. The minimum absolute atomic E-state index is 0.0279. The van der Waals surface area contributed by atoms with E-state index in [-0.39, 0.29) is 28.5 Å². The van der Waals surface area contributed by atoms with Crippen LogP contribution in [0.2, 0.25) is 0 Å². The second-order valence-electron chi connectivity index (χ2n) is 6.69. The molecule has 1 aromatic heterocycles. The molecule has 0 unspecified atom stereocenters. The molecule has 0 spiro atoms. The van der Waals surface area contributed by atoms with Crippen molar-refractivity contribution in [3.05, 3.63) is 72.3 Å². The molecule has 0 saturated heterocycles. The van der Waals surface area contributed by atoms with E-state index in [9.17, 15) is 14.4 Å². The summed E-state index contributed by atoms with van der Waals surface area (Å²) in [6.45, 7) is 4.26. The molecule has 0 aliphatic heterocycles. The molecule has 33 heavy (non-hydrogen) atoms. The molecule has 3 aromatic rings. The Labute approximate surface area is 194 Å². The number of ether oxygens (including phenoxy) is 2. The standard InChI is InChI=1S/C23H22N4O5S/c1-4-10-27-20(15-8-6-5-7-9-15)25-26-23(27)33-14-19(28)24-18-12-16(21(29)31-2)11-17(13-18)22(30)32-3/h4-9,11-13H,1,10,14H2,2-3H3,(H,24,28). The fourth-order valence-corrected chi connectivity index (χ4v) is 3.74. The first-order chi connectivity index (χ1) is 16.0. The maximum absolute atomic E-state index is 12.6. The van der Waals surface area contributed by atoms with Crippen molar-refractivity contribution in [2.45, 2.75) is 11.7 Å². The molecular weight excluding hydrogens is 444 g/mol. The maximum Gasteiger partial charge on any atom is 0.337 e. The number of rotatable bonds is 9. The Kier molecular flexibility index (Phi) is 7.98. The van der Waals surface area contributed by atoms with E-state index in [2.05, 4.69) is 22.1 Å². The fourth-order valence-electron chi connectivity index (χ4n) is 2.99. The first kappa shape index (κ1) is 23.7. The van der Waals surface area contributed by atoms with Gasteiger partial charge in [0.05, 0.1) is 31.1 Å². The van der Waals surface area contributed by atoms with Crippen molar-refractivity contribution in [3.63, 3.8) is 0 Å². The number of allylic oxidation sites excluding steroid dienone is 1. The number of carbonyl (C=O) groups is 3. The smallest absolute Gasteiger partial charge is 0.337 e. The topological polar surface area (TPSA) is 112 Å². The lowest BCUT2D eigenvalue weighted by Crippen LogP contribution is -2.16. The van der Waals surface area contributed by atoms with Crippen LogP contribution in [0.1, 0.15) is 20.7 Å². The highest BCUT2D eigenvalue weighted by Crippen LogP contribution is 2.24. The summed E-state index contributed by atoms with van der Waals surface area (Å²) in [6.07, 6.45) is 1.73. The number of carbonyl (C=O) groups excluding carboxylic acids is 3. The summed E-state index contributed by atoms with van der Waals surface area (Å²) in [5.74, 6) is -0.938. The molecule has 1 amide bonds. The van der Waals surface area contributed by atoms with Gasteiger partial charge in [0.1, 0.15) is 0 Å². The van der Waals surface area contributed by atoms with Gasteiger partial charge in [0, 0.05) is 17.8 Å². The van der Waals surface area contributed by atoms with Crippen molar-refractivity contribution in [2.24, 2.45) is 0 Å². The van der Waals surface area contributed by atoms with E-state index in [1.54, 1.807) is 6.08 Å². The van der Waals surface area contributed by atoms with Crippen molar-refractivity contribution < 1.29 is 23.9 Å². The van der Waals surface area contributed by atoms with Crippen LogP contribution in [-0.4, -0.2) is 52.6 Å². The monoisotopic (exact) mass is 466 g/mol. The van der Waals surface area contributed by atoms with Gasteiger partial charge in [0.2, 0.25) is 5.91 Å². The highest BCUT2D eigenvalue weighted by molar-refractivity contribution is 7.99. The van der Waals surface area contributed by atoms with Gasteiger partial charge in [0.25, 0.3) is 0 Å². The van der Waals surface area contributed by atoms with Gasteiger partial charge in [-0.15, -0.1) is 16.8 Å². The first-order valence-corrected chi connectivity index (χ1v) is 10.8. The van der Waals surface area contributed by atoms with E-state index in [1.807, 2.05) is 34.9 Å². The predicted octanol–water partition coefficient (Wildman–Crippen LogP) is 3.44. The molecule has 9 nitrogen and oxygen atoms in total. The van der Waals surface area contributed by atoms with Crippen molar-refractivity contribution in [2.75, 3.05) is 25.3 Å². The summed E-state index contributed by atoms with van der Waals surface area (Å²) in [5.41, 5.74) is 1.39. The highest BCUT2D eigenvalue weighted by atomic mass is 32.2. The van der Waals surface area contributed by atoms with Crippen LogP contribution in [0.15, 0.2) is 66.3 Å². The molecule has 1 N–H and O–H groups in total. The number of aromatic nitrogens is 3. The van der Waals surface area contributed by atoms with Crippen LogP contribution in [0.3, 0.4) is 0 Å². The Morgan fingerprint density at radius 2 is 1.67 bits per heavy atom. The number of hydrogen-bond donors (Lipinski definition) is 1. The minimum Gasteiger partial charge on any atom is -0.465 e. The number of esters is 2. The van der Waals surface area contributed by atoms with Gasteiger partial charge in [-0.3, -0.25) is 9.36 Å². The normalized spacial score (nSPS) is 10.4. The number of nitrogens with zero attached hydrogens (tertiary/aromatic N) is 3. The van der Waals surface area contributed by atoms with E-state index >= 15 is 0 Å². The Morgan fingerprint density at radius 1 is 1.03 bits per heavy atom. The molecule has 1 heterocycles. The molecule has 0 radical (unpaired) electrons. The van der Waals surface area contributed by atoms with Crippen molar-refractivity contribution in [1.82, 2.24) is 14.8 Å². The zero-order valence-corrected chi connectivity index (χ0v) is 18.9. The highest BCUT2D eigenvalue weighted by Gasteiger charge is 2.17. The third-order valence-electron chi connectivity index (χ3n) is 4.45. The van der Waals surface area contributed by atoms with E-state index < -0.39 is 11.9 Å². The number of methoxy groups -OCH3 is 2. The second-order valence-corrected chi connectivity index (χ2v) is 7.63. The Morgan fingerprint density at radius 3 is 2.24 bits per heavy atom. The molecule has 3 rings (SSSR count). The third kappa shape index (κ3) is 5.86. The van der Waals surface area contributed by atoms with Crippen molar-refractivity contribution in [1.29, 1.82) is 0 Å². The summed E-state index contributed by atoms with van der Waals surface area (Å²) in [4.78, 5) is 36.4. The number of nitrogens with one attached hydrogen (secondary N) is 1. The molecule has 0 aliphatic rings. The average Bonchev–Trinajstić information content (AvgIpc) is 3.24. The third-order valence-corrected chi connectivity index (χ3v) is 5.42. The number of anilines is 1. The molecule has 0 aliphatic carbocycles. The summed E-state index contributed by atoms with van der Waals surface area (Å²) in [5, 5.41) is 11.7. The first-order valence-electron chi connectivity index (χ1n) is 9.80. The van der Waals surface area contributed by atoms with Crippen molar-refractivity contribution >= 4 is 35.3 Å². The Hall–Kier alpha value is -3.92. The Bertz CT molecular complexity index is 1140. The van der Waals surface area contributed by atoms with Crippen LogP contribution >= 0.6 is 11.8 Å². The molecule has 0 atom stereocenters. The lowest BCUT2D eigenvalue weighted by atomic mass is 10.1. The summed E-state index contributed by atoms with van der Waals surface area (Å²) >= 11 is 1.21. The molecule has 170 valence electrons. The average molecular weight is 467 g/mol. The van der Waals surface area contributed by atoms with E-state index in [0.29, 0.717) is 17.5 Å². The quantitative estimate of drug-likeness (QED) is 0.290. The SMILES string of the molecule is C=CCn1c(SCC(=O)Nc2cc(C(=O)OC)cc(C(=O)OC)c2)nnc1-c1ccccc1. The maximum atomic E-state index is 12.6. The van der Waals surface area contributed by atoms with Gasteiger partial charge >= 0.3 is 11.9 Å². The van der Waals surface area contributed by atoms with Gasteiger partial charge in [-0.25, -0.2) is 9.59 Å². The van der Waals surface area contributed by atoms with Gasteiger partial charge in [0.15, 0.2) is 11.0 Å². The van der Waals surface area contributed by atoms with Crippen LogP contribution < -0.4 is 5.32 Å². The van der Waals surface area contributed by atoms with E-state index in [0.717, 1.165) is 5.56 Å². The number of hydrogen-bond acceptors (Lipinski definition) is 8. The molecule has 0 fully saturated rings. The number of amides is 1. The zero-order valence-electron chi connectivity index (χ0n) is 18.1. The predicted molar refractivity (Wildman–Crippen MR) is 124 cm³/mol. The van der Waals surface area contributed by atoms with E-state index in [1.165, 1.54) is 44.2 Å². The molecule has 0 bridgehead atoms. The van der Waals surface area contributed by atoms with Crippen molar-refractivity contribution in [3.8, 4) is 11.4 Å². The molecular formula is C23H22N4O5S. The van der Waals surface area contributed by atoms with Gasteiger partial charge in [-0.1, -0.05) is 48.2 Å². The number of benzene rings is 2. The van der Waals surface area contributed by atoms with Crippen LogP contribution in [0.5, 0.6) is 0 Å². The van der Waals surface area contributed by atoms with Crippen LogP contribution in [0.25, 0.3) is 11.4 Å². The minimum atomic E-state index is -0.642. The summed E-state index contributed by atoms with van der Waals surface area (Å²) in [7, 11) is 2.45. The van der Waals surface area contributed by atoms with E-state index in [4.69, 9.17) is 9.47 Å². The second kappa shape index (κ2) is 11.1. The fraction of sp³-hybridized carbons (Fsp3) is 0.174. The molecule has 2 aromatic carbocycles. The lowest BCUT2D eigenvalue weighted by molar-refractivity contribution is -0.113. The number of thioether (sulfide) groups is 1. The summed E-state index contributed by atoms with van der Waals surface area (Å²) in [6, 6.07) is 13.8. The Balaban J connectivity index is 1.76. The van der Waals surface area contributed by atoms with Gasteiger partial charge < -0.3 is 14.8 Å². The zero-order chi connectivity index (χ0) is 23.8. The van der Waals surface area contributed by atoms with Gasteiger partial charge in [-0.05, 0) is 18.2 Å². The van der Waals surface area contributed by atoms with Crippen LogP contribution in [0, 0.1) is 0 Å².